The molecule has 0 fully saturated rings. The summed E-state index contributed by atoms with van der Waals surface area (Å²) in [6.45, 7) is 4.11. The number of nitrogen functional groups attached to an aromatic ring is 1. The van der Waals surface area contributed by atoms with Crippen LogP contribution in [0.3, 0.4) is 0 Å². The van der Waals surface area contributed by atoms with Crippen LogP contribution in [0.2, 0.25) is 0 Å². The minimum Gasteiger partial charge on any atom is -0.397 e. The molecule has 2 aromatic rings. The monoisotopic (exact) mass is 198 g/mol. The van der Waals surface area contributed by atoms with Crippen LogP contribution in [0.1, 0.15) is 11.1 Å². The van der Waals surface area contributed by atoms with Crippen LogP contribution < -0.4 is 5.73 Å². The van der Waals surface area contributed by atoms with Gasteiger partial charge in [0.1, 0.15) is 0 Å². The summed E-state index contributed by atoms with van der Waals surface area (Å²) < 4.78 is 0. The summed E-state index contributed by atoms with van der Waals surface area (Å²) in [6.07, 6.45) is 1.70. The van der Waals surface area contributed by atoms with Gasteiger partial charge in [0.25, 0.3) is 0 Å². The van der Waals surface area contributed by atoms with Crippen molar-refractivity contribution in [2.45, 2.75) is 13.8 Å². The number of hydrogen-bond acceptors (Lipinski definition) is 2. The molecule has 0 spiro atoms. The van der Waals surface area contributed by atoms with E-state index in [-0.39, 0.29) is 0 Å². The number of rotatable bonds is 1. The van der Waals surface area contributed by atoms with Crippen molar-refractivity contribution >= 4 is 5.69 Å². The Labute approximate surface area is 89.8 Å². The normalized spacial score (nSPS) is 10.3. The van der Waals surface area contributed by atoms with Gasteiger partial charge in [0.15, 0.2) is 0 Å². The standard InChI is InChI=1S/C13H14N2/c1-9-4-3-5-11(6-9)13-10(2)7-12(14)8-15-13/h3-8H,14H2,1-2H3. The number of nitrogens with two attached hydrogens (primary N) is 1. The van der Waals surface area contributed by atoms with Gasteiger partial charge in [-0.1, -0.05) is 23.8 Å². The number of aromatic nitrogens is 1. The van der Waals surface area contributed by atoms with E-state index in [4.69, 9.17) is 5.73 Å². The lowest BCUT2D eigenvalue weighted by Gasteiger charge is -2.06. The number of benzene rings is 1. The lowest BCUT2D eigenvalue weighted by Crippen LogP contribution is -1.92. The summed E-state index contributed by atoms with van der Waals surface area (Å²) in [4.78, 5) is 4.36. The Kier molecular flexibility index (Phi) is 2.42. The van der Waals surface area contributed by atoms with E-state index >= 15 is 0 Å². The molecule has 1 aromatic heterocycles. The molecule has 0 aliphatic carbocycles. The Bertz CT molecular complexity index is 490. The molecule has 0 saturated carbocycles. The van der Waals surface area contributed by atoms with Crippen molar-refractivity contribution in [3.63, 3.8) is 0 Å². The second kappa shape index (κ2) is 3.73. The third-order valence-electron chi connectivity index (χ3n) is 2.39. The number of hydrogen-bond donors (Lipinski definition) is 1. The van der Waals surface area contributed by atoms with Gasteiger partial charge in [0, 0.05) is 5.56 Å². The summed E-state index contributed by atoms with van der Waals surface area (Å²) in [5.74, 6) is 0. The quantitative estimate of drug-likeness (QED) is 0.765. The maximum absolute atomic E-state index is 5.67. The Hall–Kier alpha value is -1.83. The molecule has 0 atom stereocenters. The summed E-state index contributed by atoms with van der Waals surface area (Å²) in [6, 6.07) is 10.3. The minimum absolute atomic E-state index is 0.712. The van der Waals surface area contributed by atoms with Gasteiger partial charge in [0.2, 0.25) is 0 Å². The Morgan fingerprint density at radius 3 is 2.60 bits per heavy atom. The predicted octanol–water partition coefficient (Wildman–Crippen LogP) is 2.95. The molecule has 1 aromatic carbocycles. The Morgan fingerprint density at radius 1 is 1.13 bits per heavy atom. The van der Waals surface area contributed by atoms with E-state index in [1.54, 1.807) is 6.20 Å². The third-order valence-corrected chi connectivity index (χ3v) is 2.39. The Morgan fingerprint density at radius 2 is 1.93 bits per heavy atom. The molecule has 15 heavy (non-hydrogen) atoms. The molecule has 76 valence electrons. The van der Waals surface area contributed by atoms with Crippen molar-refractivity contribution in [1.82, 2.24) is 4.98 Å². The molecule has 0 aliphatic rings. The highest BCUT2D eigenvalue weighted by atomic mass is 14.7. The summed E-state index contributed by atoms with van der Waals surface area (Å²) in [5.41, 5.74) is 10.9. The molecule has 2 rings (SSSR count). The highest BCUT2D eigenvalue weighted by Crippen LogP contribution is 2.22. The van der Waals surface area contributed by atoms with Gasteiger partial charge >= 0.3 is 0 Å². The second-order valence-corrected chi connectivity index (χ2v) is 3.80. The highest BCUT2D eigenvalue weighted by molar-refractivity contribution is 5.65. The van der Waals surface area contributed by atoms with Gasteiger partial charge in [-0.25, -0.2) is 0 Å². The van der Waals surface area contributed by atoms with Crippen molar-refractivity contribution in [2.24, 2.45) is 0 Å². The number of nitrogens with zero attached hydrogens (tertiary/aromatic N) is 1. The van der Waals surface area contributed by atoms with Crippen molar-refractivity contribution < 1.29 is 0 Å². The molecular formula is C13H14N2. The fourth-order valence-electron chi connectivity index (χ4n) is 1.69. The van der Waals surface area contributed by atoms with Crippen LogP contribution >= 0.6 is 0 Å². The van der Waals surface area contributed by atoms with Crippen molar-refractivity contribution in [2.75, 3.05) is 5.73 Å². The van der Waals surface area contributed by atoms with Crippen molar-refractivity contribution in [1.29, 1.82) is 0 Å². The van der Waals surface area contributed by atoms with Crippen molar-refractivity contribution in [3.8, 4) is 11.3 Å². The first kappa shape index (κ1) is 9.71. The van der Waals surface area contributed by atoms with E-state index in [2.05, 4.69) is 30.1 Å². The average molecular weight is 198 g/mol. The smallest absolute Gasteiger partial charge is 0.0732 e. The first-order valence-electron chi connectivity index (χ1n) is 4.96. The van der Waals surface area contributed by atoms with E-state index in [1.165, 1.54) is 5.56 Å². The van der Waals surface area contributed by atoms with Gasteiger partial charge in [-0.05, 0) is 31.5 Å². The van der Waals surface area contributed by atoms with Gasteiger partial charge < -0.3 is 5.73 Å². The zero-order valence-corrected chi connectivity index (χ0v) is 8.99. The van der Waals surface area contributed by atoms with Gasteiger partial charge in [-0.3, -0.25) is 4.98 Å². The molecule has 0 aliphatic heterocycles. The van der Waals surface area contributed by atoms with E-state index in [1.807, 2.05) is 19.1 Å². The first-order chi connectivity index (χ1) is 7.16. The average Bonchev–Trinajstić information content (AvgIpc) is 2.17. The number of pyridine rings is 1. The molecular weight excluding hydrogens is 184 g/mol. The maximum atomic E-state index is 5.67. The van der Waals surface area contributed by atoms with E-state index in [0.29, 0.717) is 5.69 Å². The molecule has 0 amide bonds. The Balaban J connectivity index is 2.54. The molecule has 2 heteroatoms. The predicted molar refractivity (Wildman–Crippen MR) is 63.6 cm³/mol. The number of anilines is 1. The SMILES string of the molecule is Cc1cccc(-c2ncc(N)cc2C)c1. The molecule has 0 radical (unpaired) electrons. The van der Waals surface area contributed by atoms with Crippen LogP contribution in [0.15, 0.2) is 36.5 Å². The molecule has 0 bridgehead atoms. The molecule has 1 heterocycles. The lowest BCUT2D eigenvalue weighted by atomic mass is 10.0. The maximum Gasteiger partial charge on any atom is 0.0732 e. The fraction of sp³-hybridized carbons (Fsp3) is 0.154. The molecule has 2 N–H and O–H groups in total. The molecule has 0 saturated heterocycles. The van der Waals surface area contributed by atoms with Crippen molar-refractivity contribution in [3.05, 3.63) is 47.7 Å². The van der Waals surface area contributed by atoms with Crippen LogP contribution in [0.4, 0.5) is 5.69 Å². The van der Waals surface area contributed by atoms with Crippen LogP contribution in [0, 0.1) is 13.8 Å². The van der Waals surface area contributed by atoms with Gasteiger partial charge in [0.05, 0.1) is 17.6 Å². The first-order valence-corrected chi connectivity index (χ1v) is 4.96. The minimum atomic E-state index is 0.712. The second-order valence-electron chi connectivity index (χ2n) is 3.80. The zero-order chi connectivity index (χ0) is 10.8. The topological polar surface area (TPSA) is 38.9 Å². The van der Waals surface area contributed by atoms with E-state index < -0.39 is 0 Å². The van der Waals surface area contributed by atoms with E-state index in [9.17, 15) is 0 Å². The van der Waals surface area contributed by atoms with Gasteiger partial charge in [-0.15, -0.1) is 0 Å². The largest absolute Gasteiger partial charge is 0.397 e. The van der Waals surface area contributed by atoms with Crippen LogP contribution in [0.5, 0.6) is 0 Å². The fourth-order valence-corrected chi connectivity index (χ4v) is 1.69. The summed E-state index contributed by atoms with van der Waals surface area (Å²) in [7, 11) is 0. The zero-order valence-electron chi connectivity index (χ0n) is 8.99. The number of aryl methyl sites for hydroxylation is 2. The lowest BCUT2D eigenvalue weighted by molar-refractivity contribution is 1.27. The highest BCUT2D eigenvalue weighted by Gasteiger charge is 2.03. The summed E-state index contributed by atoms with van der Waals surface area (Å²) in [5, 5.41) is 0. The van der Waals surface area contributed by atoms with Crippen LogP contribution in [-0.4, -0.2) is 4.98 Å². The van der Waals surface area contributed by atoms with Gasteiger partial charge in [-0.2, -0.15) is 0 Å². The van der Waals surface area contributed by atoms with E-state index in [0.717, 1.165) is 16.8 Å². The van der Waals surface area contributed by atoms with Crippen LogP contribution in [-0.2, 0) is 0 Å². The summed E-state index contributed by atoms with van der Waals surface area (Å²) >= 11 is 0. The molecule has 0 unspecified atom stereocenters. The van der Waals surface area contributed by atoms with Crippen LogP contribution in [0.25, 0.3) is 11.3 Å². The third kappa shape index (κ3) is 1.99. The molecule has 2 nitrogen and oxygen atoms in total.